The molecule has 1 aliphatic rings. The van der Waals surface area contributed by atoms with E-state index in [2.05, 4.69) is 42.6 Å². The molecule has 28 heavy (non-hydrogen) atoms. The van der Waals surface area contributed by atoms with Gasteiger partial charge in [-0.1, -0.05) is 12.8 Å². The Morgan fingerprint density at radius 3 is 2.79 bits per heavy atom. The highest BCUT2D eigenvalue weighted by molar-refractivity contribution is 14.0. The Morgan fingerprint density at radius 2 is 2.07 bits per heavy atom. The summed E-state index contributed by atoms with van der Waals surface area (Å²) in [5.74, 6) is 2.73. The van der Waals surface area contributed by atoms with Crippen LogP contribution in [0.1, 0.15) is 44.9 Å². The molecule has 0 aliphatic carbocycles. The maximum Gasteiger partial charge on any atom is 0.216 e. The summed E-state index contributed by atoms with van der Waals surface area (Å²) in [7, 11) is 0. The van der Waals surface area contributed by atoms with Crippen LogP contribution in [0.15, 0.2) is 27.8 Å². The number of nitrogens with one attached hydrogen (secondary N) is 3. The van der Waals surface area contributed by atoms with E-state index in [9.17, 15) is 0 Å². The predicted octanol–water partition coefficient (Wildman–Crippen LogP) is 3.00. The van der Waals surface area contributed by atoms with Gasteiger partial charge in [-0.15, -0.1) is 29.1 Å². The second-order valence-electron chi connectivity index (χ2n) is 6.81. The Labute approximate surface area is 184 Å². The van der Waals surface area contributed by atoms with Crippen molar-refractivity contribution in [2.45, 2.75) is 45.6 Å². The summed E-state index contributed by atoms with van der Waals surface area (Å²) in [5.41, 5.74) is 0. The number of nitrogens with zero attached hydrogens (tertiary/aromatic N) is 4. The number of aromatic nitrogens is 3. The number of aromatic amines is 1. The van der Waals surface area contributed by atoms with E-state index >= 15 is 0 Å². The van der Waals surface area contributed by atoms with Crippen molar-refractivity contribution < 1.29 is 4.42 Å². The van der Waals surface area contributed by atoms with E-state index in [-0.39, 0.29) is 24.0 Å². The van der Waals surface area contributed by atoms with Gasteiger partial charge in [0.05, 0.1) is 6.26 Å². The quantitative estimate of drug-likeness (QED) is 0.223. The number of H-pyrrole nitrogens is 1. The van der Waals surface area contributed by atoms with Gasteiger partial charge in [-0.25, -0.2) is 9.98 Å². The zero-order valence-corrected chi connectivity index (χ0v) is 18.9. The van der Waals surface area contributed by atoms with Crippen LogP contribution in [0.2, 0.25) is 0 Å². The minimum atomic E-state index is 0. The molecule has 9 heteroatoms. The number of likely N-dealkylation sites (tertiary alicyclic amines) is 1. The van der Waals surface area contributed by atoms with E-state index < -0.39 is 0 Å². The summed E-state index contributed by atoms with van der Waals surface area (Å²) in [5, 5.41) is 13.8. The Balaban J connectivity index is 0.00000280. The maximum absolute atomic E-state index is 5.31. The molecule has 3 heterocycles. The normalized spacial score (nSPS) is 15.7. The summed E-state index contributed by atoms with van der Waals surface area (Å²) in [6.45, 7) is 7.89. The van der Waals surface area contributed by atoms with E-state index in [1.165, 1.54) is 38.8 Å². The Kier molecular flexibility index (Phi) is 10.3. The lowest BCUT2D eigenvalue weighted by Gasteiger charge is -2.20. The van der Waals surface area contributed by atoms with Crippen LogP contribution in [-0.4, -0.2) is 58.8 Å². The Hall–Kier alpha value is -1.62. The van der Waals surface area contributed by atoms with Crippen molar-refractivity contribution in [3.63, 3.8) is 0 Å². The fourth-order valence-electron chi connectivity index (χ4n) is 3.25. The molecule has 0 amide bonds. The van der Waals surface area contributed by atoms with Gasteiger partial charge in [-0.2, -0.15) is 0 Å². The van der Waals surface area contributed by atoms with Crippen molar-refractivity contribution in [2.24, 2.45) is 4.99 Å². The highest BCUT2D eigenvalue weighted by Crippen LogP contribution is 2.14. The van der Waals surface area contributed by atoms with Gasteiger partial charge in [0.15, 0.2) is 11.7 Å². The van der Waals surface area contributed by atoms with E-state index in [1.54, 1.807) is 6.26 Å². The standard InChI is InChI=1S/C19H31N7O.HI/c1-2-20-19(21-10-8-13-26-11-5-3-4-6-12-26)22-15-17-23-18(25-24-17)16-9-7-14-27-16;/h7,9,14H,2-6,8,10-13,15H2,1H3,(H2,20,21,22)(H,23,24,25);1H. The summed E-state index contributed by atoms with van der Waals surface area (Å²) in [6.07, 6.45) is 8.19. The topological polar surface area (TPSA) is 94.4 Å². The molecule has 2 aromatic heterocycles. The molecule has 1 aliphatic heterocycles. The monoisotopic (exact) mass is 501 g/mol. The van der Waals surface area contributed by atoms with Crippen LogP contribution in [0.25, 0.3) is 11.6 Å². The van der Waals surface area contributed by atoms with E-state index in [0.29, 0.717) is 24.0 Å². The fraction of sp³-hybridized carbons (Fsp3) is 0.632. The molecular weight excluding hydrogens is 469 g/mol. The predicted molar refractivity (Wildman–Crippen MR) is 122 cm³/mol. The first-order chi connectivity index (χ1) is 13.3. The van der Waals surface area contributed by atoms with E-state index in [0.717, 1.165) is 32.0 Å². The first-order valence-electron chi connectivity index (χ1n) is 10.0. The SMILES string of the molecule is CCNC(=NCc1nc(-c2ccco2)n[nH]1)NCCCN1CCCCCC1.I. The number of guanidine groups is 1. The number of halogens is 1. The molecule has 8 nitrogen and oxygen atoms in total. The highest BCUT2D eigenvalue weighted by Gasteiger charge is 2.09. The average molecular weight is 501 g/mol. The summed E-state index contributed by atoms with van der Waals surface area (Å²) < 4.78 is 5.31. The third-order valence-corrected chi connectivity index (χ3v) is 4.65. The molecule has 0 bridgehead atoms. The smallest absolute Gasteiger partial charge is 0.216 e. The number of hydrogen-bond donors (Lipinski definition) is 3. The molecule has 3 rings (SSSR count). The molecule has 0 saturated carbocycles. The van der Waals surface area contributed by atoms with Crippen molar-refractivity contribution in [1.29, 1.82) is 0 Å². The van der Waals surface area contributed by atoms with Gasteiger partial charge < -0.3 is 20.0 Å². The van der Waals surface area contributed by atoms with Gasteiger partial charge in [0.2, 0.25) is 5.82 Å². The largest absolute Gasteiger partial charge is 0.461 e. The third kappa shape index (κ3) is 7.42. The van der Waals surface area contributed by atoms with Crippen molar-refractivity contribution in [3.8, 4) is 11.6 Å². The average Bonchev–Trinajstić information content (AvgIpc) is 3.31. The number of furan rings is 1. The third-order valence-electron chi connectivity index (χ3n) is 4.65. The molecule has 2 aromatic rings. The van der Waals surface area contributed by atoms with Crippen LogP contribution in [0.3, 0.4) is 0 Å². The zero-order chi connectivity index (χ0) is 18.7. The van der Waals surface area contributed by atoms with Crippen molar-refractivity contribution in [3.05, 3.63) is 24.2 Å². The molecule has 0 unspecified atom stereocenters. The van der Waals surface area contributed by atoms with Gasteiger partial charge in [0, 0.05) is 13.1 Å². The Morgan fingerprint density at radius 1 is 1.25 bits per heavy atom. The molecular formula is C19H32IN7O. The lowest BCUT2D eigenvalue weighted by atomic mass is 10.2. The van der Waals surface area contributed by atoms with Crippen LogP contribution in [0.5, 0.6) is 0 Å². The van der Waals surface area contributed by atoms with E-state index in [1.807, 2.05) is 12.1 Å². The first kappa shape index (κ1) is 22.7. The number of aliphatic imine (C=N–C) groups is 1. The van der Waals surface area contributed by atoms with Crippen LogP contribution in [0, 0.1) is 0 Å². The van der Waals surface area contributed by atoms with Crippen molar-refractivity contribution in [1.82, 2.24) is 30.7 Å². The number of hydrogen-bond acceptors (Lipinski definition) is 5. The lowest BCUT2D eigenvalue weighted by molar-refractivity contribution is 0.282. The van der Waals surface area contributed by atoms with Crippen molar-refractivity contribution in [2.75, 3.05) is 32.7 Å². The minimum absolute atomic E-state index is 0. The summed E-state index contributed by atoms with van der Waals surface area (Å²) >= 11 is 0. The van der Waals surface area contributed by atoms with Crippen LogP contribution in [-0.2, 0) is 6.54 Å². The van der Waals surface area contributed by atoms with Gasteiger partial charge in [0.1, 0.15) is 12.4 Å². The maximum atomic E-state index is 5.31. The molecule has 156 valence electrons. The van der Waals surface area contributed by atoms with Crippen LogP contribution >= 0.6 is 24.0 Å². The number of rotatable bonds is 8. The second-order valence-corrected chi connectivity index (χ2v) is 6.81. The van der Waals surface area contributed by atoms with Crippen molar-refractivity contribution >= 4 is 29.9 Å². The Bertz CT molecular complexity index is 678. The minimum Gasteiger partial charge on any atom is -0.461 e. The second kappa shape index (κ2) is 12.8. The van der Waals surface area contributed by atoms with Crippen LogP contribution in [0.4, 0.5) is 0 Å². The zero-order valence-electron chi connectivity index (χ0n) is 16.6. The fourth-order valence-corrected chi connectivity index (χ4v) is 3.25. The summed E-state index contributed by atoms with van der Waals surface area (Å²) in [4.78, 5) is 11.6. The van der Waals surface area contributed by atoms with Gasteiger partial charge >= 0.3 is 0 Å². The summed E-state index contributed by atoms with van der Waals surface area (Å²) in [6, 6.07) is 3.66. The molecule has 1 saturated heterocycles. The molecule has 0 radical (unpaired) electrons. The van der Waals surface area contributed by atoms with E-state index in [4.69, 9.17) is 4.42 Å². The molecule has 3 N–H and O–H groups in total. The molecule has 1 fully saturated rings. The molecule has 0 spiro atoms. The van der Waals surface area contributed by atoms with Gasteiger partial charge in [-0.3, -0.25) is 5.10 Å². The van der Waals surface area contributed by atoms with Gasteiger partial charge in [-0.05, 0) is 58.0 Å². The molecule has 0 aromatic carbocycles. The highest BCUT2D eigenvalue weighted by atomic mass is 127. The lowest BCUT2D eigenvalue weighted by Crippen LogP contribution is -2.39. The molecule has 0 atom stereocenters. The van der Waals surface area contributed by atoms with Crippen LogP contribution < -0.4 is 10.6 Å². The first-order valence-corrected chi connectivity index (χ1v) is 10.0. The van der Waals surface area contributed by atoms with Gasteiger partial charge in [0.25, 0.3) is 0 Å².